The number of sulfonamides is 1. The molecule has 9 heteroatoms. The summed E-state index contributed by atoms with van der Waals surface area (Å²) in [7, 11) is -3.71. The molecule has 3 aromatic rings. The van der Waals surface area contributed by atoms with Crippen molar-refractivity contribution in [1.82, 2.24) is 14.5 Å². The number of para-hydroxylation sites is 1. The lowest BCUT2D eigenvalue weighted by Crippen LogP contribution is -2.30. The predicted octanol–water partition coefficient (Wildman–Crippen LogP) is 3.68. The number of aromatic nitrogens is 2. The predicted molar refractivity (Wildman–Crippen MR) is 124 cm³/mol. The van der Waals surface area contributed by atoms with Gasteiger partial charge in [0, 0.05) is 18.7 Å². The van der Waals surface area contributed by atoms with E-state index >= 15 is 0 Å². The number of aliphatic imine (C=N–C) groups is 1. The van der Waals surface area contributed by atoms with Gasteiger partial charge in [-0.3, -0.25) is 14.5 Å². The van der Waals surface area contributed by atoms with Gasteiger partial charge >= 0.3 is 0 Å². The van der Waals surface area contributed by atoms with Crippen LogP contribution in [-0.2, 0) is 10.0 Å². The fourth-order valence-corrected chi connectivity index (χ4v) is 4.64. The Balaban J connectivity index is 1.45. The van der Waals surface area contributed by atoms with Crippen molar-refractivity contribution < 1.29 is 13.2 Å². The van der Waals surface area contributed by atoms with Crippen LogP contribution in [0.4, 0.5) is 5.69 Å². The molecule has 4 rings (SSSR count). The lowest BCUT2D eigenvalue weighted by atomic mass is 10.2. The van der Waals surface area contributed by atoms with E-state index in [4.69, 9.17) is 0 Å². The number of hydrogen-bond acceptors (Lipinski definition) is 5. The van der Waals surface area contributed by atoms with Crippen molar-refractivity contribution >= 4 is 27.5 Å². The Bertz CT molecular complexity index is 1230. The molecular weight excluding hydrogens is 426 g/mol. The average Bonchev–Trinajstić information content (AvgIpc) is 2.99. The van der Waals surface area contributed by atoms with Gasteiger partial charge in [-0.1, -0.05) is 24.6 Å². The van der Waals surface area contributed by atoms with Gasteiger partial charge in [0.15, 0.2) is 0 Å². The molecule has 1 aliphatic heterocycles. The third-order valence-corrected chi connectivity index (χ3v) is 6.70. The van der Waals surface area contributed by atoms with Crippen molar-refractivity contribution in [2.45, 2.75) is 37.5 Å². The molecule has 166 valence electrons. The van der Waals surface area contributed by atoms with E-state index in [0.717, 1.165) is 24.9 Å². The number of carbonyl (C=O) groups is 1. The summed E-state index contributed by atoms with van der Waals surface area (Å²) in [4.78, 5) is 17.2. The van der Waals surface area contributed by atoms with Gasteiger partial charge in [0.05, 0.1) is 28.0 Å². The van der Waals surface area contributed by atoms with Crippen LogP contribution in [0.1, 0.15) is 41.7 Å². The van der Waals surface area contributed by atoms with E-state index in [0.29, 0.717) is 35.7 Å². The maximum absolute atomic E-state index is 12.7. The van der Waals surface area contributed by atoms with Gasteiger partial charge < -0.3 is 5.32 Å². The molecule has 2 N–H and O–H groups in total. The first-order valence-corrected chi connectivity index (χ1v) is 12.0. The quantitative estimate of drug-likeness (QED) is 0.617. The summed E-state index contributed by atoms with van der Waals surface area (Å²) in [6.45, 7) is 2.47. The van der Waals surface area contributed by atoms with Gasteiger partial charge in [-0.25, -0.2) is 13.1 Å². The molecule has 1 aliphatic rings. The smallest absolute Gasteiger partial charge is 0.262 e. The number of nitrogens with zero attached hydrogens (tertiary/aromatic N) is 3. The zero-order valence-corrected chi connectivity index (χ0v) is 18.6. The number of benzene rings is 2. The van der Waals surface area contributed by atoms with Crippen LogP contribution < -0.4 is 10.0 Å². The normalized spacial score (nSPS) is 14.3. The fourth-order valence-electron chi connectivity index (χ4n) is 3.55. The number of amides is 1. The van der Waals surface area contributed by atoms with Gasteiger partial charge in [0.2, 0.25) is 0 Å². The van der Waals surface area contributed by atoms with Crippen LogP contribution in [0.3, 0.4) is 0 Å². The Morgan fingerprint density at radius 1 is 1.00 bits per heavy atom. The lowest BCUT2D eigenvalue weighted by molar-refractivity contribution is 0.102. The Labute approximate surface area is 187 Å². The molecule has 32 heavy (non-hydrogen) atoms. The molecule has 0 saturated carbocycles. The van der Waals surface area contributed by atoms with Crippen molar-refractivity contribution in [3.05, 3.63) is 72.1 Å². The number of hydrogen-bond donors (Lipinski definition) is 2. The third-order valence-electron chi connectivity index (χ3n) is 5.30. The average molecular weight is 452 g/mol. The highest BCUT2D eigenvalue weighted by Gasteiger charge is 2.18. The largest absolute Gasteiger partial charge is 0.322 e. The van der Waals surface area contributed by atoms with E-state index < -0.39 is 10.0 Å². The van der Waals surface area contributed by atoms with Gasteiger partial charge in [-0.15, -0.1) is 0 Å². The van der Waals surface area contributed by atoms with Crippen LogP contribution in [0.15, 0.2) is 70.7 Å². The van der Waals surface area contributed by atoms with Gasteiger partial charge in [0.1, 0.15) is 5.84 Å². The maximum Gasteiger partial charge on any atom is 0.262 e. The molecule has 0 bridgehead atoms. The molecule has 0 radical (unpaired) electrons. The molecule has 1 amide bonds. The Hall–Kier alpha value is -3.46. The third kappa shape index (κ3) is 4.88. The molecule has 0 spiro atoms. The molecule has 0 fully saturated rings. The van der Waals surface area contributed by atoms with Crippen LogP contribution in [-0.4, -0.2) is 36.5 Å². The summed E-state index contributed by atoms with van der Waals surface area (Å²) in [6.07, 6.45) is 5.10. The summed E-state index contributed by atoms with van der Waals surface area (Å²) in [6, 6.07) is 15.6. The second-order valence-corrected chi connectivity index (χ2v) is 9.30. The molecular formula is C23H25N5O3S. The minimum absolute atomic E-state index is 0.121. The number of rotatable bonds is 5. The summed E-state index contributed by atoms with van der Waals surface area (Å²) in [5, 5.41) is 7.12. The highest BCUT2D eigenvalue weighted by molar-refractivity contribution is 7.90. The second kappa shape index (κ2) is 9.35. The Morgan fingerprint density at radius 3 is 2.50 bits per heavy atom. The minimum atomic E-state index is -3.71. The summed E-state index contributed by atoms with van der Waals surface area (Å²) >= 11 is 0. The van der Waals surface area contributed by atoms with Crippen LogP contribution in [0.5, 0.6) is 0 Å². The highest BCUT2D eigenvalue weighted by Crippen LogP contribution is 2.18. The van der Waals surface area contributed by atoms with Gasteiger partial charge in [-0.05, 0) is 56.2 Å². The van der Waals surface area contributed by atoms with Crippen molar-refractivity contribution in [3.63, 3.8) is 0 Å². The number of anilines is 1. The van der Waals surface area contributed by atoms with Crippen LogP contribution in [0.25, 0.3) is 5.69 Å². The van der Waals surface area contributed by atoms with Crippen LogP contribution in [0.2, 0.25) is 0 Å². The van der Waals surface area contributed by atoms with E-state index in [-0.39, 0.29) is 10.8 Å². The lowest BCUT2D eigenvalue weighted by Gasteiger charge is -2.11. The fraction of sp³-hybridized carbons (Fsp3) is 0.261. The minimum Gasteiger partial charge on any atom is -0.322 e. The topological polar surface area (TPSA) is 105 Å². The van der Waals surface area contributed by atoms with Crippen molar-refractivity contribution in [3.8, 4) is 5.69 Å². The molecule has 0 atom stereocenters. The molecule has 1 aromatic heterocycles. The summed E-state index contributed by atoms with van der Waals surface area (Å²) < 4.78 is 29.6. The van der Waals surface area contributed by atoms with E-state index in [1.54, 1.807) is 16.8 Å². The zero-order valence-electron chi connectivity index (χ0n) is 17.8. The van der Waals surface area contributed by atoms with E-state index in [1.807, 2.05) is 37.3 Å². The molecule has 8 nitrogen and oxygen atoms in total. The first kappa shape index (κ1) is 21.8. The van der Waals surface area contributed by atoms with E-state index in [9.17, 15) is 13.2 Å². The zero-order chi connectivity index (χ0) is 22.6. The number of nitrogens with one attached hydrogen (secondary N) is 2. The Morgan fingerprint density at radius 2 is 1.75 bits per heavy atom. The number of carbonyl (C=O) groups excluding carboxylic acids is 1. The molecule has 2 aromatic carbocycles. The second-order valence-electron chi connectivity index (χ2n) is 7.61. The van der Waals surface area contributed by atoms with E-state index in [1.165, 1.54) is 18.3 Å². The van der Waals surface area contributed by atoms with Gasteiger partial charge in [-0.2, -0.15) is 5.10 Å². The first-order valence-electron chi connectivity index (χ1n) is 10.5. The SMILES string of the molecule is Cc1c(C(=O)Nc2ccc(S(=O)(=O)NC3=NCCCCC3)cc2)cnn1-c1ccccc1. The first-order chi connectivity index (χ1) is 15.4. The molecule has 0 aliphatic carbocycles. The molecule has 2 heterocycles. The summed E-state index contributed by atoms with van der Waals surface area (Å²) in [5.74, 6) is 0.192. The Kier molecular flexibility index (Phi) is 6.36. The van der Waals surface area contributed by atoms with Crippen molar-refractivity contribution in [2.75, 3.05) is 11.9 Å². The summed E-state index contributed by atoms with van der Waals surface area (Å²) in [5.41, 5.74) is 2.51. The van der Waals surface area contributed by atoms with E-state index in [2.05, 4.69) is 20.1 Å². The number of amidine groups is 1. The molecule has 0 unspecified atom stereocenters. The molecule has 0 saturated heterocycles. The van der Waals surface area contributed by atoms with Crippen molar-refractivity contribution in [1.29, 1.82) is 0 Å². The van der Waals surface area contributed by atoms with Gasteiger partial charge in [0.25, 0.3) is 15.9 Å². The maximum atomic E-state index is 12.7. The van der Waals surface area contributed by atoms with Crippen LogP contribution >= 0.6 is 0 Å². The monoisotopic (exact) mass is 451 g/mol. The highest BCUT2D eigenvalue weighted by atomic mass is 32.2. The van der Waals surface area contributed by atoms with Crippen molar-refractivity contribution in [2.24, 2.45) is 4.99 Å². The standard InChI is InChI=1S/C23H25N5O3S/c1-17-21(16-25-28(17)19-8-4-2-5-9-19)23(29)26-18-11-13-20(14-12-18)32(30,31)27-22-10-6-3-7-15-24-22/h2,4-5,8-9,11-14,16H,3,6-7,10,15H2,1H3,(H,24,27)(H,26,29). The van der Waals surface area contributed by atoms with Crippen LogP contribution in [0, 0.1) is 6.92 Å².